The summed E-state index contributed by atoms with van der Waals surface area (Å²) in [6, 6.07) is 0. The summed E-state index contributed by atoms with van der Waals surface area (Å²) in [6.07, 6.45) is 4.69. The Morgan fingerprint density at radius 3 is 2.50 bits per heavy atom. The van der Waals surface area contributed by atoms with Crippen LogP contribution in [0.2, 0.25) is 0 Å². The quantitative estimate of drug-likeness (QED) is 0.579. The first-order chi connectivity index (χ1) is 4.57. The van der Waals surface area contributed by atoms with Gasteiger partial charge in [0.1, 0.15) is 5.83 Å². The van der Waals surface area contributed by atoms with Gasteiger partial charge in [-0.25, -0.2) is 4.39 Å². The third-order valence-corrected chi connectivity index (χ3v) is 0.912. The van der Waals surface area contributed by atoms with E-state index in [4.69, 9.17) is 11.5 Å². The molecule has 2 heteroatoms. The zero-order chi connectivity index (χ0) is 8.15. The highest BCUT2D eigenvalue weighted by molar-refractivity contribution is 5.12. The van der Waals surface area contributed by atoms with E-state index in [0.29, 0.717) is 0 Å². The summed E-state index contributed by atoms with van der Waals surface area (Å²) in [5, 5.41) is 8.70. The maximum absolute atomic E-state index is 12.5. The molecule has 10 heavy (non-hydrogen) atoms. The Hall–Kier alpha value is -0.810. The fourth-order valence-corrected chi connectivity index (χ4v) is 0.489. The van der Waals surface area contributed by atoms with Gasteiger partial charge in [0.2, 0.25) is 0 Å². The van der Waals surface area contributed by atoms with E-state index >= 15 is 0 Å². The van der Waals surface area contributed by atoms with Crippen molar-refractivity contribution in [2.24, 2.45) is 5.92 Å². The number of rotatable bonds is 2. The van der Waals surface area contributed by atoms with Gasteiger partial charge < -0.3 is 5.11 Å². The Kier molecular flexibility index (Phi) is 3.75. The molecule has 56 valence electrons. The topological polar surface area (TPSA) is 20.2 Å². The minimum absolute atomic E-state index is 0.0722. The first-order valence-electron chi connectivity index (χ1n) is 3.09. The number of aliphatic hydroxyl groups is 1. The maximum Gasteiger partial charge on any atom is 0.165 e. The lowest BCUT2D eigenvalue weighted by Gasteiger charge is -2.00. The second kappa shape index (κ2) is 4.08. The van der Waals surface area contributed by atoms with Gasteiger partial charge in [-0.15, -0.1) is 6.42 Å². The summed E-state index contributed by atoms with van der Waals surface area (Å²) in [4.78, 5) is 0. The van der Waals surface area contributed by atoms with Crippen molar-refractivity contribution in [3.8, 4) is 12.3 Å². The second-order valence-corrected chi connectivity index (χ2v) is 2.36. The molecule has 0 rings (SSSR count). The van der Waals surface area contributed by atoms with Gasteiger partial charge >= 0.3 is 0 Å². The van der Waals surface area contributed by atoms with Gasteiger partial charge in [0.05, 0.1) is 0 Å². The molecule has 0 fully saturated rings. The standard InChI is InChI=1S/C8H11FO/c1-4-8(10)7(9)5-6(2)3/h1,5-6,8,10H,2-3H3/b7-5+. The van der Waals surface area contributed by atoms with E-state index in [9.17, 15) is 4.39 Å². The summed E-state index contributed by atoms with van der Waals surface area (Å²) in [5.41, 5.74) is 0. The van der Waals surface area contributed by atoms with Gasteiger partial charge in [-0.05, 0) is 12.0 Å². The van der Waals surface area contributed by atoms with E-state index in [-0.39, 0.29) is 5.92 Å². The predicted molar refractivity (Wildman–Crippen MR) is 38.9 cm³/mol. The molecule has 0 amide bonds. The molecule has 0 saturated carbocycles. The number of terminal acetylenes is 1. The monoisotopic (exact) mass is 142 g/mol. The van der Waals surface area contributed by atoms with Gasteiger partial charge in [0, 0.05) is 0 Å². The molecule has 0 aromatic carbocycles. The number of hydrogen-bond donors (Lipinski definition) is 1. The second-order valence-electron chi connectivity index (χ2n) is 2.36. The molecular formula is C8H11FO. The molecule has 1 unspecified atom stereocenters. The number of allylic oxidation sites excluding steroid dienone is 1. The fourth-order valence-electron chi connectivity index (χ4n) is 0.489. The van der Waals surface area contributed by atoms with Gasteiger partial charge in [0.25, 0.3) is 0 Å². The van der Waals surface area contributed by atoms with Crippen LogP contribution in [-0.4, -0.2) is 11.2 Å². The van der Waals surface area contributed by atoms with Gasteiger partial charge in [-0.2, -0.15) is 0 Å². The molecular weight excluding hydrogens is 131 g/mol. The van der Waals surface area contributed by atoms with Gasteiger partial charge in [0.15, 0.2) is 6.10 Å². The first kappa shape index (κ1) is 9.19. The molecule has 0 bridgehead atoms. The van der Waals surface area contributed by atoms with E-state index < -0.39 is 11.9 Å². The van der Waals surface area contributed by atoms with Crippen molar-refractivity contribution in [1.29, 1.82) is 0 Å². The van der Waals surface area contributed by atoms with Crippen molar-refractivity contribution < 1.29 is 9.50 Å². The van der Waals surface area contributed by atoms with Crippen LogP contribution in [0.5, 0.6) is 0 Å². The highest BCUT2D eigenvalue weighted by atomic mass is 19.1. The Balaban J connectivity index is 4.08. The van der Waals surface area contributed by atoms with Crippen molar-refractivity contribution in [3.05, 3.63) is 11.9 Å². The van der Waals surface area contributed by atoms with E-state index in [1.54, 1.807) is 0 Å². The van der Waals surface area contributed by atoms with Crippen LogP contribution in [-0.2, 0) is 0 Å². The summed E-state index contributed by atoms with van der Waals surface area (Å²) < 4.78 is 12.5. The van der Waals surface area contributed by atoms with Crippen molar-refractivity contribution in [1.82, 2.24) is 0 Å². The van der Waals surface area contributed by atoms with Crippen molar-refractivity contribution in [3.63, 3.8) is 0 Å². The Labute approximate surface area is 60.6 Å². The SMILES string of the molecule is C#CC(O)/C(F)=C\C(C)C. The van der Waals surface area contributed by atoms with E-state index in [1.807, 2.05) is 19.8 Å². The zero-order valence-corrected chi connectivity index (χ0v) is 6.13. The normalized spacial score (nSPS) is 15.0. The van der Waals surface area contributed by atoms with Crippen LogP contribution in [0.25, 0.3) is 0 Å². The first-order valence-corrected chi connectivity index (χ1v) is 3.09. The molecule has 1 atom stereocenters. The molecule has 0 aliphatic carbocycles. The molecule has 1 nitrogen and oxygen atoms in total. The molecule has 0 aromatic heterocycles. The van der Waals surface area contributed by atoms with Crippen molar-refractivity contribution in [2.75, 3.05) is 0 Å². The zero-order valence-electron chi connectivity index (χ0n) is 6.13. The predicted octanol–water partition coefficient (Wildman–Crippen LogP) is 1.49. The average molecular weight is 142 g/mol. The van der Waals surface area contributed by atoms with Crippen molar-refractivity contribution in [2.45, 2.75) is 20.0 Å². The van der Waals surface area contributed by atoms with Crippen LogP contribution >= 0.6 is 0 Å². The van der Waals surface area contributed by atoms with Crippen LogP contribution in [0.1, 0.15) is 13.8 Å². The van der Waals surface area contributed by atoms with Crippen LogP contribution in [0.15, 0.2) is 11.9 Å². The molecule has 0 aromatic rings. The summed E-state index contributed by atoms with van der Waals surface area (Å²) in [5.74, 6) is 1.31. The minimum Gasteiger partial charge on any atom is -0.374 e. The van der Waals surface area contributed by atoms with Crippen molar-refractivity contribution >= 4 is 0 Å². The van der Waals surface area contributed by atoms with Crippen LogP contribution < -0.4 is 0 Å². The third-order valence-electron chi connectivity index (χ3n) is 0.912. The van der Waals surface area contributed by atoms with Gasteiger partial charge in [-0.1, -0.05) is 19.8 Å². The fraction of sp³-hybridized carbons (Fsp3) is 0.500. The van der Waals surface area contributed by atoms with Gasteiger partial charge in [-0.3, -0.25) is 0 Å². The Morgan fingerprint density at radius 2 is 2.20 bits per heavy atom. The van der Waals surface area contributed by atoms with Crippen LogP contribution in [0, 0.1) is 18.3 Å². The molecule has 0 aliphatic heterocycles. The number of halogens is 1. The lowest BCUT2D eigenvalue weighted by molar-refractivity contribution is 0.235. The molecule has 0 saturated heterocycles. The Morgan fingerprint density at radius 1 is 1.70 bits per heavy atom. The smallest absolute Gasteiger partial charge is 0.165 e. The summed E-state index contributed by atoms with van der Waals surface area (Å²) >= 11 is 0. The molecule has 1 N–H and O–H groups in total. The van der Waals surface area contributed by atoms with Crippen LogP contribution in [0.3, 0.4) is 0 Å². The van der Waals surface area contributed by atoms with E-state index in [2.05, 4.69) is 0 Å². The maximum atomic E-state index is 12.5. The molecule has 0 aliphatic rings. The average Bonchev–Trinajstić information content (AvgIpc) is 1.85. The van der Waals surface area contributed by atoms with E-state index in [1.165, 1.54) is 6.08 Å². The summed E-state index contributed by atoms with van der Waals surface area (Å²) in [7, 11) is 0. The highest BCUT2D eigenvalue weighted by Crippen LogP contribution is 2.07. The lowest BCUT2D eigenvalue weighted by Crippen LogP contribution is -2.03. The molecule has 0 radical (unpaired) electrons. The van der Waals surface area contributed by atoms with E-state index in [0.717, 1.165) is 0 Å². The highest BCUT2D eigenvalue weighted by Gasteiger charge is 2.05. The number of aliphatic hydroxyl groups excluding tert-OH is 1. The largest absolute Gasteiger partial charge is 0.374 e. The molecule has 0 spiro atoms. The summed E-state index contributed by atoms with van der Waals surface area (Å²) in [6.45, 7) is 3.62. The number of hydrogen-bond acceptors (Lipinski definition) is 1. The lowest BCUT2D eigenvalue weighted by atomic mass is 10.1. The minimum atomic E-state index is -1.37. The Bertz CT molecular complexity index is 165. The molecule has 0 heterocycles. The van der Waals surface area contributed by atoms with Crippen LogP contribution in [0.4, 0.5) is 4.39 Å². The third kappa shape index (κ3) is 3.26.